The third-order valence-corrected chi connectivity index (χ3v) is 5.19. The first kappa shape index (κ1) is 19.0. The molecule has 0 unspecified atom stereocenters. The van der Waals surface area contributed by atoms with Crippen molar-refractivity contribution in [1.82, 2.24) is 4.31 Å². The molecule has 0 fully saturated rings. The lowest BCUT2D eigenvalue weighted by molar-refractivity contribution is -0.113. The number of hydrogen-bond acceptors (Lipinski definition) is 6. The highest BCUT2D eigenvalue weighted by molar-refractivity contribution is 7.89. The van der Waals surface area contributed by atoms with Gasteiger partial charge in [-0.15, -0.1) is 5.11 Å². The molecule has 0 bridgehead atoms. The van der Waals surface area contributed by atoms with Crippen molar-refractivity contribution in [2.45, 2.75) is 32.6 Å². The highest BCUT2D eigenvalue weighted by Gasteiger charge is 2.21. The number of Topliss-reactive ketones (excluding diaryl/α,β-unsaturated/α-hetero) is 1. The number of allylic oxidation sites excluding steroid dienone is 2. The topological polar surface area (TPSA) is 99.4 Å². The Kier molecular flexibility index (Phi) is 6.59. The zero-order valence-corrected chi connectivity index (χ0v) is 14.5. The normalized spacial score (nSPS) is 13.4. The lowest BCUT2D eigenvalue weighted by Crippen LogP contribution is -2.30. The Hall–Kier alpha value is -2.06. The van der Waals surface area contributed by atoms with E-state index in [1.54, 1.807) is 13.8 Å². The number of carbonyl (C=O) groups is 1. The van der Waals surface area contributed by atoms with Crippen molar-refractivity contribution in [1.29, 1.82) is 0 Å². The molecule has 1 aromatic carbocycles. The summed E-state index contributed by atoms with van der Waals surface area (Å²) in [6.45, 7) is 6.95. The van der Waals surface area contributed by atoms with E-state index in [-0.39, 0.29) is 16.4 Å². The van der Waals surface area contributed by atoms with E-state index in [0.29, 0.717) is 18.8 Å². The van der Waals surface area contributed by atoms with Crippen LogP contribution in [0.2, 0.25) is 0 Å². The highest BCUT2D eigenvalue weighted by Crippen LogP contribution is 2.21. The summed E-state index contributed by atoms with van der Waals surface area (Å²) in [5.41, 5.74) is 0.244. The van der Waals surface area contributed by atoms with Gasteiger partial charge in [-0.1, -0.05) is 13.8 Å². The molecule has 0 radical (unpaired) electrons. The Labute approximate surface area is 136 Å². The van der Waals surface area contributed by atoms with Gasteiger partial charge in [0.2, 0.25) is 10.0 Å². The van der Waals surface area contributed by atoms with Gasteiger partial charge >= 0.3 is 0 Å². The van der Waals surface area contributed by atoms with Crippen LogP contribution in [0.3, 0.4) is 0 Å². The van der Waals surface area contributed by atoms with E-state index >= 15 is 0 Å². The quantitative estimate of drug-likeness (QED) is 0.468. The summed E-state index contributed by atoms with van der Waals surface area (Å²) >= 11 is 0. The van der Waals surface area contributed by atoms with E-state index < -0.39 is 15.8 Å². The van der Waals surface area contributed by atoms with Crippen molar-refractivity contribution in [3.8, 4) is 0 Å². The highest BCUT2D eigenvalue weighted by atomic mass is 32.2. The molecule has 1 N–H and O–H groups in total. The minimum atomic E-state index is -3.52. The smallest absolute Gasteiger partial charge is 0.243 e. The average molecular weight is 339 g/mol. The molecule has 7 nitrogen and oxygen atoms in total. The summed E-state index contributed by atoms with van der Waals surface area (Å²) in [6.07, 6.45) is 0. The monoisotopic (exact) mass is 339 g/mol. The summed E-state index contributed by atoms with van der Waals surface area (Å²) in [4.78, 5) is 11.4. The Morgan fingerprint density at radius 1 is 1.13 bits per heavy atom. The molecule has 0 saturated heterocycles. The fourth-order valence-corrected chi connectivity index (χ4v) is 3.36. The lowest BCUT2D eigenvalue weighted by Gasteiger charge is -2.18. The van der Waals surface area contributed by atoms with E-state index in [4.69, 9.17) is 0 Å². The Bertz CT molecular complexity index is 714. The van der Waals surface area contributed by atoms with Crippen LogP contribution in [0.25, 0.3) is 0 Å². The molecule has 23 heavy (non-hydrogen) atoms. The molecular formula is C15H21N3O4S. The number of benzene rings is 1. The minimum absolute atomic E-state index is 0.134. The molecule has 0 saturated carbocycles. The van der Waals surface area contributed by atoms with Crippen LogP contribution in [-0.2, 0) is 14.8 Å². The van der Waals surface area contributed by atoms with Crippen molar-refractivity contribution >= 4 is 21.5 Å². The van der Waals surface area contributed by atoms with Crippen LogP contribution in [0.4, 0.5) is 5.69 Å². The first-order chi connectivity index (χ1) is 10.7. The van der Waals surface area contributed by atoms with Gasteiger partial charge in [0, 0.05) is 20.0 Å². The zero-order chi connectivity index (χ0) is 17.6. The van der Waals surface area contributed by atoms with Crippen LogP contribution in [0.5, 0.6) is 0 Å². The summed E-state index contributed by atoms with van der Waals surface area (Å²) in [6, 6.07) is 5.85. The molecule has 126 valence electrons. The molecular weight excluding hydrogens is 318 g/mol. The van der Waals surface area contributed by atoms with Crippen molar-refractivity contribution in [2.75, 3.05) is 13.1 Å². The number of ketones is 1. The standard InChI is InChI=1S/C15H21N3O4S/c1-5-18(6-2)23(21,22)14-9-7-13(8-10-14)16-17-15(11(3)19)12(4)20/h7-10,19H,5-6H2,1-4H3/b15-11-,17-16?. The number of sulfonamides is 1. The van der Waals surface area contributed by atoms with Gasteiger partial charge in [0.15, 0.2) is 11.5 Å². The van der Waals surface area contributed by atoms with Gasteiger partial charge in [0.25, 0.3) is 0 Å². The van der Waals surface area contributed by atoms with Gasteiger partial charge in [-0.3, -0.25) is 4.79 Å². The number of rotatable bonds is 7. The number of aliphatic hydroxyl groups excluding tert-OH is 1. The number of carbonyl (C=O) groups excluding carboxylic acids is 1. The van der Waals surface area contributed by atoms with Gasteiger partial charge in [0.05, 0.1) is 10.6 Å². The molecule has 1 aromatic rings. The number of azo groups is 1. The van der Waals surface area contributed by atoms with Crippen LogP contribution < -0.4 is 0 Å². The second kappa shape index (κ2) is 7.98. The Morgan fingerprint density at radius 3 is 2.04 bits per heavy atom. The van der Waals surface area contributed by atoms with Crippen LogP contribution in [0, 0.1) is 0 Å². The Morgan fingerprint density at radius 2 is 1.65 bits per heavy atom. The fourth-order valence-electron chi connectivity index (χ4n) is 1.90. The van der Waals surface area contributed by atoms with Crippen LogP contribution >= 0.6 is 0 Å². The van der Waals surface area contributed by atoms with Gasteiger partial charge in [0.1, 0.15) is 5.76 Å². The molecule has 0 aliphatic rings. The predicted molar refractivity (Wildman–Crippen MR) is 87.1 cm³/mol. The second-order valence-corrected chi connectivity index (χ2v) is 6.71. The summed E-state index contributed by atoms with van der Waals surface area (Å²) in [5, 5.41) is 16.9. The molecule has 0 atom stereocenters. The van der Waals surface area contributed by atoms with Crippen molar-refractivity contribution < 1.29 is 18.3 Å². The molecule has 0 amide bonds. The van der Waals surface area contributed by atoms with E-state index in [2.05, 4.69) is 10.2 Å². The minimum Gasteiger partial charge on any atom is -0.510 e. The van der Waals surface area contributed by atoms with E-state index in [1.807, 2.05) is 0 Å². The van der Waals surface area contributed by atoms with Crippen molar-refractivity contribution in [3.05, 3.63) is 35.7 Å². The molecule has 8 heteroatoms. The van der Waals surface area contributed by atoms with Crippen LogP contribution in [-0.4, -0.2) is 36.7 Å². The van der Waals surface area contributed by atoms with Crippen molar-refractivity contribution in [3.63, 3.8) is 0 Å². The maximum Gasteiger partial charge on any atom is 0.243 e. The third kappa shape index (κ3) is 4.70. The zero-order valence-electron chi connectivity index (χ0n) is 13.6. The number of nitrogens with zero attached hydrogens (tertiary/aromatic N) is 3. The Balaban J connectivity index is 3.07. The summed E-state index contributed by atoms with van der Waals surface area (Å²) in [5.74, 6) is -0.628. The average Bonchev–Trinajstić information content (AvgIpc) is 2.48. The van der Waals surface area contributed by atoms with Crippen molar-refractivity contribution in [2.24, 2.45) is 10.2 Å². The molecule has 0 aromatic heterocycles. The van der Waals surface area contributed by atoms with E-state index in [0.717, 1.165) is 0 Å². The van der Waals surface area contributed by atoms with Crippen LogP contribution in [0.15, 0.2) is 50.8 Å². The van der Waals surface area contributed by atoms with E-state index in [9.17, 15) is 18.3 Å². The first-order valence-corrected chi connectivity index (χ1v) is 8.60. The van der Waals surface area contributed by atoms with Gasteiger partial charge < -0.3 is 5.11 Å². The molecule has 1 rings (SSSR count). The second-order valence-electron chi connectivity index (χ2n) is 4.77. The summed E-state index contributed by atoms with van der Waals surface area (Å²) in [7, 11) is -3.52. The third-order valence-electron chi connectivity index (χ3n) is 3.12. The maximum atomic E-state index is 12.3. The molecule has 0 aliphatic heterocycles. The molecule has 0 heterocycles. The summed E-state index contributed by atoms with van der Waals surface area (Å²) < 4.78 is 26.0. The molecule has 0 spiro atoms. The molecule has 0 aliphatic carbocycles. The predicted octanol–water partition coefficient (Wildman–Crippen LogP) is 3.18. The van der Waals surface area contributed by atoms with Gasteiger partial charge in [-0.25, -0.2) is 8.42 Å². The van der Waals surface area contributed by atoms with Gasteiger partial charge in [-0.05, 0) is 31.2 Å². The first-order valence-electron chi connectivity index (χ1n) is 7.16. The van der Waals surface area contributed by atoms with Crippen LogP contribution in [0.1, 0.15) is 27.7 Å². The van der Waals surface area contributed by atoms with Gasteiger partial charge in [-0.2, -0.15) is 9.42 Å². The lowest BCUT2D eigenvalue weighted by atomic mass is 10.3. The number of hydrogen-bond donors (Lipinski definition) is 1. The largest absolute Gasteiger partial charge is 0.510 e. The fraction of sp³-hybridized carbons (Fsp3) is 0.400. The van der Waals surface area contributed by atoms with E-state index in [1.165, 1.54) is 42.4 Å². The SMILES string of the molecule is CCN(CC)S(=O)(=O)c1ccc(N=N/C(C(C)=O)=C(/C)O)cc1. The maximum absolute atomic E-state index is 12.3. The number of aliphatic hydroxyl groups is 1.